The van der Waals surface area contributed by atoms with Gasteiger partial charge in [0.2, 0.25) is 0 Å². The fourth-order valence-corrected chi connectivity index (χ4v) is 2.82. The van der Waals surface area contributed by atoms with E-state index < -0.39 is 0 Å². The maximum absolute atomic E-state index is 13.3. The Balaban J connectivity index is 2.95. The molecule has 0 heterocycles. The summed E-state index contributed by atoms with van der Waals surface area (Å²) in [6, 6.07) is 5.08. The highest BCUT2D eigenvalue weighted by Crippen LogP contribution is 2.27. The summed E-state index contributed by atoms with van der Waals surface area (Å²) in [5, 5.41) is 3.67. The van der Waals surface area contributed by atoms with Gasteiger partial charge in [0.05, 0.1) is 11.1 Å². The predicted molar refractivity (Wildman–Crippen MR) is 87.4 cm³/mol. The monoisotopic (exact) mass is 315 g/mol. The maximum Gasteiger partial charge on any atom is 0.141 e. The molecule has 0 spiro atoms. The van der Waals surface area contributed by atoms with Gasteiger partial charge in [0.15, 0.2) is 0 Å². The highest BCUT2D eigenvalue weighted by atomic mass is 35.5. The van der Waals surface area contributed by atoms with Gasteiger partial charge >= 0.3 is 0 Å². The molecule has 2 nitrogen and oxygen atoms in total. The molecule has 1 N–H and O–H groups in total. The zero-order chi connectivity index (χ0) is 16.0. The van der Waals surface area contributed by atoms with Crippen LogP contribution in [0.3, 0.4) is 0 Å². The summed E-state index contributed by atoms with van der Waals surface area (Å²) in [6.45, 7) is 12.2. The third-order valence-electron chi connectivity index (χ3n) is 3.47. The Labute approximate surface area is 133 Å². The summed E-state index contributed by atoms with van der Waals surface area (Å²) in [6.07, 6.45) is 0.835. The molecule has 21 heavy (non-hydrogen) atoms. The minimum atomic E-state index is -0.377. The van der Waals surface area contributed by atoms with Crippen LogP contribution < -0.4 is 5.32 Å². The van der Waals surface area contributed by atoms with E-state index in [2.05, 4.69) is 33.0 Å². The number of ether oxygens (including phenoxy) is 1. The van der Waals surface area contributed by atoms with Gasteiger partial charge in [-0.3, -0.25) is 0 Å². The summed E-state index contributed by atoms with van der Waals surface area (Å²) < 4.78 is 19.3. The Kier molecular flexibility index (Phi) is 7.11. The van der Waals surface area contributed by atoms with E-state index in [1.54, 1.807) is 12.1 Å². The lowest BCUT2D eigenvalue weighted by Crippen LogP contribution is -2.49. The van der Waals surface area contributed by atoms with Crippen LogP contribution in [0.2, 0.25) is 5.02 Å². The molecule has 0 amide bonds. The van der Waals surface area contributed by atoms with E-state index in [4.69, 9.17) is 16.3 Å². The molecule has 0 radical (unpaired) electrons. The molecule has 0 saturated carbocycles. The van der Waals surface area contributed by atoms with Crippen molar-refractivity contribution >= 4 is 11.6 Å². The van der Waals surface area contributed by atoms with E-state index in [0.717, 1.165) is 18.5 Å². The second-order valence-electron chi connectivity index (χ2n) is 6.36. The number of halogens is 2. The quantitative estimate of drug-likeness (QED) is 0.802. The Hall–Kier alpha value is -0.640. The second-order valence-corrected chi connectivity index (χ2v) is 6.77. The van der Waals surface area contributed by atoms with Crippen molar-refractivity contribution in [1.82, 2.24) is 5.32 Å². The van der Waals surface area contributed by atoms with Crippen LogP contribution in [0.15, 0.2) is 18.2 Å². The molecule has 0 saturated heterocycles. The van der Waals surface area contributed by atoms with Crippen molar-refractivity contribution in [2.75, 3.05) is 13.2 Å². The largest absolute Gasteiger partial charge is 0.376 e. The highest BCUT2D eigenvalue weighted by molar-refractivity contribution is 6.30. The van der Waals surface area contributed by atoms with Crippen molar-refractivity contribution in [1.29, 1.82) is 0 Å². The van der Waals surface area contributed by atoms with Crippen LogP contribution in [0.5, 0.6) is 0 Å². The van der Waals surface area contributed by atoms with E-state index in [-0.39, 0.29) is 28.4 Å². The Morgan fingerprint density at radius 1 is 1.29 bits per heavy atom. The van der Waals surface area contributed by atoms with E-state index in [1.165, 1.54) is 6.07 Å². The lowest BCUT2D eigenvalue weighted by molar-refractivity contribution is -0.0352. The van der Waals surface area contributed by atoms with Crippen molar-refractivity contribution < 1.29 is 9.13 Å². The summed E-state index contributed by atoms with van der Waals surface area (Å²) in [4.78, 5) is 0. The van der Waals surface area contributed by atoms with E-state index in [1.807, 2.05) is 6.92 Å². The fraction of sp³-hybridized carbons (Fsp3) is 0.647. The van der Waals surface area contributed by atoms with Gasteiger partial charge in [0.1, 0.15) is 5.82 Å². The van der Waals surface area contributed by atoms with Crippen LogP contribution >= 0.6 is 11.6 Å². The zero-order valence-corrected chi connectivity index (χ0v) is 14.4. The first kappa shape index (κ1) is 18.4. The van der Waals surface area contributed by atoms with Gasteiger partial charge in [0.25, 0.3) is 0 Å². The smallest absolute Gasteiger partial charge is 0.141 e. The van der Waals surface area contributed by atoms with Crippen molar-refractivity contribution in [2.24, 2.45) is 5.41 Å². The van der Waals surface area contributed by atoms with Crippen LogP contribution in [0.1, 0.15) is 40.2 Å². The molecule has 0 aromatic heterocycles. The van der Waals surface area contributed by atoms with E-state index >= 15 is 0 Å². The molecule has 0 fully saturated rings. The molecule has 0 bridgehead atoms. The molecular weight excluding hydrogens is 289 g/mol. The maximum atomic E-state index is 13.3. The van der Waals surface area contributed by atoms with Crippen molar-refractivity contribution in [2.45, 2.75) is 53.2 Å². The molecule has 2 atom stereocenters. The van der Waals surface area contributed by atoms with E-state index in [0.29, 0.717) is 6.61 Å². The molecular formula is C17H27ClFNO. The van der Waals surface area contributed by atoms with Gasteiger partial charge in [-0.25, -0.2) is 4.39 Å². The molecule has 0 aliphatic rings. The van der Waals surface area contributed by atoms with Crippen LogP contribution in [-0.2, 0) is 11.2 Å². The normalized spacial score (nSPS) is 15.0. The first-order valence-electron chi connectivity index (χ1n) is 7.58. The third-order valence-corrected chi connectivity index (χ3v) is 3.76. The number of hydrogen-bond donors (Lipinski definition) is 1. The van der Waals surface area contributed by atoms with Gasteiger partial charge in [-0.2, -0.15) is 0 Å². The van der Waals surface area contributed by atoms with Crippen LogP contribution in [0.25, 0.3) is 0 Å². The lowest BCUT2D eigenvalue weighted by atomic mass is 9.82. The lowest BCUT2D eigenvalue weighted by Gasteiger charge is -2.37. The van der Waals surface area contributed by atoms with Crippen molar-refractivity contribution in [3.8, 4) is 0 Å². The van der Waals surface area contributed by atoms with Crippen molar-refractivity contribution in [3.63, 3.8) is 0 Å². The standard InChI is InChI=1S/C17H27ClFNO/c1-6-20-15(16(21-7-2)17(3,4)5)11-12-8-9-14(19)13(18)10-12/h8-10,15-16,20H,6-7,11H2,1-5H3. The molecule has 1 rings (SSSR count). The Morgan fingerprint density at radius 2 is 1.95 bits per heavy atom. The predicted octanol–water partition coefficient (Wildman–Crippen LogP) is 4.45. The van der Waals surface area contributed by atoms with Crippen LogP contribution in [0.4, 0.5) is 4.39 Å². The van der Waals surface area contributed by atoms with Crippen LogP contribution in [0, 0.1) is 11.2 Å². The summed E-state index contributed by atoms with van der Waals surface area (Å²) >= 11 is 5.88. The zero-order valence-electron chi connectivity index (χ0n) is 13.7. The fourth-order valence-electron chi connectivity index (χ4n) is 2.62. The Bertz CT molecular complexity index is 445. The summed E-state index contributed by atoms with van der Waals surface area (Å²) in [7, 11) is 0. The van der Waals surface area contributed by atoms with E-state index in [9.17, 15) is 4.39 Å². The molecule has 1 aromatic carbocycles. The SMILES string of the molecule is CCNC(Cc1ccc(F)c(Cl)c1)C(OCC)C(C)(C)C. The minimum absolute atomic E-state index is 0.0205. The van der Waals surface area contributed by atoms with Crippen molar-refractivity contribution in [3.05, 3.63) is 34.6 Å². The highest BCUT2D eigenvalue weighted by Gasteiger charge is 2.32. The number of nitrogens with one attached hydrogen (secondary N) is 1. The van der Waals surface area contributed by atoms with Gasteiger partial charge in [0, 0.05) is 12.6 Å². The number of benzene rings is 1. The molecule has 120 valence electrons. The third kappa shape index (κ3) is 5.57. The number of likely N-dealkylation sites (N-methyl/N-ethyl adjacent to an activating group) is 1. The number of rotatable bonds is 7. The first-order valence-corrected chi connectivity index (χ1v) is 7.96. The van der Waals surface area contributed by atoms with Gasteiger partial charge < -0.3 is 10.1 Å². The minimum Gasteiger partial charge on any atom is -0.376 e. The Morgan fingerprint density at radius 3 is 2.43 bits per heavy atom. The summed E-state index contributed by atoms with van der Waals surface area (Å²) in [5.41, 5.74) is 1.04. The first-order chi connectivity index (χ1) is 9.79. The average Bonchev–Trinajstić information content (AvgIpc) is 2.38. The molecule has 4 heteroatoms. The molecule has 0 aliphatic carbocycles. The summed E-state index contributed by atoms with van der Waals surface area (Å²) in [5.74, 6) is -0.377. The topological polar surface area (TPSA) is 21.3 Å². The van der Waals surface area contributed by atoms with Crippen LogP contribution in [-0.4, -0.2) is 25.3 Å². The molecule has 1 aromatic rings. The molecule has 0 aliphatic heterocycles. The average molecular weight is 316 g/mol. The van der Waals surface area contributed by atoms with Gasteiger partial charge in [-0.05, 0) is 43.0 Å². The molecule has 2 unspecified atom stereocenters. The van der Waals surface area contributed by atoms with Gasteiger partial charge in [-0.1, -0.05) is 45.4 Å². The second kappa shape index (κ2) is 8.11. The van der Waals surface area contributed by atoms with Gasteiger partial charge in [-0.15, -0.1) is 0 Å². The number of hydrogen-bond acceptors (Lipinski definition) is 2.